The Balaban J connectivity index is 1.21. The third-order valence-corrected chi connectivity index (χ3v) is 6.91. The first-order valence-corrected chi connectivity index (χ1v) is 12.0. The SMILES string of the molecule is COc1ccc2c(ccn2CCN2CCN(CC(O)(Cn3cncn3)c3ccc(F)cc3F)CC2)c1. The lowest BCUT2D eigenvalue weighted by molar-refractivity contribution is -0.0319. The lowest BCUT2D eigenvalue weighted by Crippen LogP contribution is -2.52. The van der Waals surface area contributed by atoms with Gasteiger partial charge in [0, 0.05) is 74.5 Å². The fraction of sp³-hybridized carbons (Fsp3) is 0.385. The van der Waals surface area contributed by atoms with Crippen molar-refractivity contribution in [2.75, 3.05) is 46.4 Å². The van der Waals surface area contributed by atoms with E-state index in [9.17, 15) is 13.9 Å². The summed E-state index contributed by atoms with van der Waals surface area (Å²) in [6, 6.07) is 11.5. The molecule has 0 saturated carbocycles. The van der Waals surface area contributed by atoms with E-state index in [1.165, 1.54) is 35.0 Å². The van der Waals surface area contributed by atoms with Crippen LogP contribution in [0.25, 0.3) is 10.9 Å². The van der Waals surface area contributed by atoms with Crippen molar-refractivity contribution in [3.05, 3.63) is 78.5 Å². The van der Waals surface area contributed by atoms with Crippen LogP contribution in [0.3, 0.4) is 0 Å². The Labute approximate surface area is 208 Å². The van der Waals surface area contributed by atoms with Gasteiger partial charge in [0.15, 0.2) is 0 Å². The molecule has 4 aromatic rings. The van der Waals surface area contributed by atoms with Gasteiger partial charge < -0.3 is 14.4 Å². The van der Waals surface area contributed by atoms with Gasteiger partial charge in [-0.1, -0.05) is 6.07 Å². The van der Waals surface area contributed by atoms with E-state index in [-0.39, 0.29) is 18.7 Å². The molecule has 1 saturated heterocycles. The van der Waals surface area contributed by atoms with Gasteiger partial charge in [-0.25, -0.2) is 18.4 Å². The van der Waals surface area contributed by atoms with Gasteiger partial charge >= 0.3 is 0 Å². The van der Waals surface area contributed by atoms with Crippen LogP contribution in [0.5, 0.6) is 5.75 Å². The number of aromatic nitrogens is 4. The number of aliphatic hydroxyl groups is 1. The minimum Gasteiger partial charge on any atom is -0.497 e. The third kappa shape index (κ3) is 5.25. The third-order valence-electron chi connectivity index (χ3n) is 6.91. The first-order valence-electron chi connectivity index (χ1n) is 12.0. The molecule has 0 radical (unpaired) electrons. The first kappa shape index (κ1) is 24.4. The van der Waals surface area contributed by atoms with Gasteiger partial charge in [0.1, 0.15) is 35.6 Å². The van der Waals surface area contributed by atoms with E-state index in [4.69, 9.17) is 4.74 Å². The van der Waals surface area contributed by atoms with E-state index >= 15 is 0 Å². The minimum atomic E-state index is -1.58. The predicted octanol–water partition coefficient (Wildman–Crippen LogP) is 2.73. The molecule has 1 atom stereocenters. The van der Waals surface area contributed by atoms with Crippen LogP contribution in [0.2, 0.25) is 0 Å². The normalized spacial score (nSPS) is 16.9. The molecule has 0 bridgehead atoms. The molecule has 3 heterocycles. The average Bonchev–Trinajstić information content (AvgIpc) is 3.52. The number of fused-ring (bicyclic) bond motifs is 1. The van der Waals surface area contributed by atoms with E-state index in [1.807, 2.05) is 12.1 Å². The number of rotatable bonds is 9. The highest BCUT2D eigenvalue weighted by Gasteiger charge is 2.36. The standard InChI is InChI=1S/C26H30F2N6O2/c1-36-22-3-5-25-20(14-22)6-7-33(25)13-12-31-8-10-32(11-9-31)16-26(35,17-34-19-29-18-30-34)23-4-2-21(27)15-24(23)28/h2-7,14-15,18-19,35H,8-13,16-17H2,1H3. The van der Waals surface area contributed by atoms with Gasteiger partial charge in [-0.2, -0.15) is 5.10 Å². The van der Waals surface area contributed by atoms with Crippen LogP contribution < -0.4 is 4.74 Å². The maximum absolute atomic E-state index is 14.7. The van der Waals surface area contributed by atoms with Gasteiger partial charge in [-0.15, -0.1) is 0 Å². The van der Waals surface area contributed by atoms with Crippen molar-refractivity contribution in [3.63, 3.8) is 0 Å². The summed E-state index contributed by atoms with van der Waals surface area (Å²) in [5, 5.41) is 16.8. The molecule has 5 rings (SSSR count). The molecule has 2 aromatic heterocycles. The van der Waals surface area contributed by atoms with Crippen LogP contribution in [0.15, 0.2) is 61.3 Å². The Morgan fingerprint density at radius 2 is 1.78 bits per heavy atom. The Hall–Kier alpha value is -3.34. The summed E-state index contributed by atoms with van der Waals surface area (Å²) < 4.78 is 37.3. The minimum absolute atomic E-state index is 0.0151. The Morgan fingerprint density at radius 3 is 2.50 bits per heavy atom. The molecule has 2 aromatic carbocycles. The first-order chi connectivity index (χ1) is 17.4. The Bertz CT molecular complexity index is 1300. The largest absolute Gasteiger partial charge is 0.497 e. The fourth-order valence-corrected chi connectivity index (χ4v) is 4.96. The lowest BCUT2D eigenvalue weighted by Gasteiger charge is -2.39. The van der Waals surface area contributed by atoms with Crippen LogP contribution >= 0.6 is 0 Å². The summed E-state index contributed by atoms with van der Waals surface area (Å²) in [6.07, 6.45) is 4.94. The van der Waals surface area contributed by atoms with E-state index in [1.54, 1.807) is 7.11 Å². The number of benzene rings is 2. The second-order valence-corrected chi connectivity index (χ2v) is 9.30. The molecular formula is C26H30F2N6O2. The molecule has 1 aliphatic rings. The van der Waals surface area contributed by atoms with Gasteiger partial charge in [0.2, 0.25) is 0 Å². The Kier molecular flexibility index (Phi) is 6.99. The van der Waals surface area contributed by atoms with E-state index in [0.717, 1.165) is 56.5 Å². The van der Waals surface area contributed by atoms with Crippen LogP contribution in [-0.4, -0.2) is 80.6 Å². The molecule has 10 heteroatoms. The number of ether oxygens (including phenoxy) is 1. The lowest BCUT2D eigenvalue weighted by atomic mass is 9.92. The van der Waals surface area contributed by atoms with Crippen molar-refractivity contribution >= 4 is 10.9 Å². The summed E-state index contributed by atoms with van der Waals surface area (Å²) in [6.45, 7) is 5.11. The average molecular weight is 497 g/mol. The van der Waals surface area contributed by atoms with Gasteiger partial charge in [-0.3, -0.25) is 9.80 Å². The van der Waals surface area contributed by atoms with Crippen molar-refractivity contribution in [2.45, 2.75) is 18.7 Å². The monoisotopic (exact) mass is 496 g/mol. The number of hydrogen-bond acceptors (Lipinski definition) is 6. The quantitative estimate of drug-likeness (QED) is 0.384. The van der Waals surface area contributed by atoms with Gasteiger partial charge in [0.05, 0.1) is 13.7 Å². The molecule has 1 N–H and O–H groups in total. The van der Waals surface area contributed by atoms with Crippen molar-refractivity contribution < 1.29 is 18.6 Å². The molecule has 1 unspecified atom stereocenters. The number of hydrogen-bond donors (Lipinski definition) is 1. The highest BCUT2D eigenvalue weighted by Crippen LogP contribution is 2.28. The summed E-state index contributed by atoms with van der Waals surface area (Å²) in [4.78, 5) is 8.43. The predicted molar refractivity (Wildman–Crippen MR) is 132 cm³/mol. The van der Waals surface area contributed by atoms with Gasteiger partial charge in [-0.05, 0) is 30.3 Å². The highest BCUT2D eigenvalue weighted by molar-refractivity contribution is 5.81. The zero-order chi connectivity index (χ0) is 25.1. The molecule has 1 aliphatic heterocycles. The number of piperazine rings is 1. The van der Waals surface area contributed by atoms with E-state index < -0.39 is 17.2 Å². The summed E-state index contributed by atoms with van der Waals surface area (Å²) in [5.41, 5.74) is -0.356. The van der Waals surface area contributed by atoms with Crippen molar-refractivity contribution in [1.29, 1.82) is 0 Å². The molecule has 8 nitrogen and oxygen atoms in total. The number of methoxy groups -OCH3 is 1. The molecule has 190 valence electrons. The van der Waals surface area contributed by atoms with Crippen molar-refractivity contribution in [2.24, 2.45) is 0 Å². The number of halogens is 2. The second kappa shape index (κ2) is 10.3. The zero-order valence-electron chi connectivity index (χ0n) is 20.2. The van der Waals surface area contributed by atoms with E-state index in [2.05, 4.69) is 42.8 Å². The summed E-state index contributed by atoms with van der Waals surface area (Å²) in [5.74, 6) is -0.601. The highest BCUT2D eigenvalue weighted by atomic mass is 19.1. The molecule has 36 heavy (non-hydrogen) atoms. The smallest absolute Gasteiger partial charge is 0.137 e. The molecule has 0 spiro atoms. The maximum Gasteiger partial charge on any atom is 0.137 e. The topological polar surface area (TPSA) is 71.6 Å². The van der Waals surface area contributed by atoms with Gasteiger partial charge in [0.25, 0.3) is 0 Å². The van der Waals surface area contributed by atoms with Crippen molar-refractivity contribution in [3.8, 4) is 5.75 Å². The summed E-state index contributed by atoms with van der Waals surface area (Å²) in [7, 11) is 1.67. The second-order valence-electron chi connectivity index (χ2n) is 9.30. The molecular weight excluding hydrogens is 466 g/mol. The zero-order valence-corrected chi connectivity index (χ0v) is 20.2. The van der Waals surface area contributed by atoms with Crippen LogP contribution in [0, 0.1) is 11.6 Å². The molecule has 0 aliphatic carbocycles. The summed E-state index contributed by atoms with van der Waals surface area (Å²) >= 11 is 0. The van der Waals surface area contributed by atoms with Crippen LogP contribution in [-0.2, 0) is 18.7 Å². The van der Waals surface area contributed by atoms with Crippen molar-refractivity contribution in [1.82, 2.24) is 29.1 Å². The fourth-order valence-electron chi connectivity index (χ4n) is 4.96. The Morgan fingerprint density at radius 1 is 0.972 bits per heavy atom. The van der Waals surface area contributed by atoms with E-state index in [0.29, 0.717) is 0 Å². The molecule has 0 amide bonds. The van der Waals surface area contributed by atoms with Crippen LogP contribution in [0.4, 0.5) is 8.78 Å². The molecule has 1 fully saturated rings. The number of β-amino-alcohol motifs (C(OH)–C–C–N with tert-alkyl or cyclic N) is 1. The van der Waals surface area contributed by atoms with Crippen LogP contribution in [0.1, 0.15) is 5.56 Å². The maximum atomic E-state index is 14.7. The number of nitrogens with zero attached hydrogens (tertiary/aromatic N) is 6.